The van der Waals surface area contributed by atoms with Crippen LogP contribution in [0.4, 0.5) is 0 Å². The van der Waals surface area contributed by atoms with Crippen LogP contribution in [0.5, 0.6) is 0 Å². The van der Waals surface area contributed by atoms with E-state index in [-0.39, 0.29) is 5.91 Å². The molecular formula is C21H27N3O2. The molecule has 1 aliphatic carbocycles. The van der Waals surface area contributed by atoms with E-state index in [1.165, 1.54) is 32.1 Å². The van der Waals surface area contributed by atoms with Crippen molar-refractivity contribution in [1.82, 2.24) is 15.0 Å². The second-order valence-electron chi connectivity index (χ2n) is 7.61. The lowest BCUT2D eigenvalue weighted by Crippen LogP contribution is -2.49. The Morgan fingerprint density at radius 2 is 1.92 bits per heavy atom. The zero-order valence-electron chi connectivity index (χ0n) is 15.3. The highest BCUT2D eigenvalue weighted by Gasteiger charge is 2.35. The Balaban J connectivity index is 1.31. The van der Waals surface area contributed by atoms with E-state index in [9.17, 15) is 4.79 Å². The summed E-state index contributed by atoms with van der Waals surface area (Å²) in [5.74, 6) is 2.23. The second-order valence-corrected chi connectivity index (χ2v) is 7.61. The number of benzene rings is 1. The summed E-state index contributed by atoms with van der Waals surface area (Å²) in [6.07, 6.45) is 9.17. The minimum Gasteiger partial charge on any atom is -0.339 e. The Bertz CT molecular complexity index is 726. The quantitative estimate of drug-likeness (QED) is 0.821. The average Bonchev–Trinajstić information content (AvgIpc) is 3.14. The lowest BCUT2D eigenvalue weighted by molar-refractivity contribution is -0.137. The fourth-order valence-corrected chi connectivity index (χ4v) is 4.53. The predicted molar refractivity (Wildman–Crippen MR) is 98.6 cm³/mol. The van der Waals surface area contributed by atoms with Crippen LogP contribution in [0.25, 0.3) is 0 Å². The van der Waals surface area contributed by atoms with Crippen LogP contribution < -0.4 is 0 Å². The molecule has 2 atom stereocenters. The molecule has 1 aromatic heterocycles. The van der Waals surface area contributed by atoms with Crippen molar-refractivity contribution in [2.75, 3.05) is 6.54 Å². The first-order valence-corrected chi connectivity index (χ1v) is 9.94. The maximum Gasteiger partial charge on any atom is 0.227 e. The van der Waals surface area contributed by atoms with Crippen molar-refractivity contribution in [2.24, 2.45) is 5.92 Å². The minimum atomic E-state index is 0.254. The van der Waals surface area contributed by atoms with E-state index in [0.717, 1.165) is 24.4 Å². The van der Waals surface area contributed by atoms with E-state index in [4.69, 9.17) is 4.52 Å². The summed E-state index contributed by atoms with van der Waals surface area (Å²) in [6.45, 7) is 0.920. The van der Waals surface area contributed by atoms with Crippen LogP contribution in [-0.2, 0) is 17.6 Å². The zero-order valence-corrected chi connectivity index (χ0v) is 15.3. The number of hydrogen-bond donors (Lipinski definition) is 0. The normalized spacial score (nSPS) is 22.8. The number of hydrogen-bond acceptors (Lipinski definition) is 4. The first kappa shape index (κ1) is 17.3. The van der Waals surface area contributed by atoms with Crippen molar-refractivity contribution >= 4 is 5.91 Å². The highest BCUT2D eigenvalue weighted by atomic mass is 16.5. The van der Waals surface area contributed by atoms with E-state index in [1.54, 1.807) is 0 Å². The molecule has 0 N–H and O–H groups in total. The molecule has 5 nitrogen and oxygen atoms in total. The SMILES string of the molecule is O=C(CCc1nc(Cc2ccccc2)no1)N1CCC[C@H]2CCCC[C@@H]21. The van der Waals surface area contributed by atoms with Gasteiger partial charge >= 0.3 is 0 Å². The van der Waals surface area contributed by atoms with E-state index >= 15 is 0 Å². The highest BCUT2D eigenvalue weighted by molar-refractivity contribution is 5.76. The van der Waals surface area contributed by atoms with Crippen LogP contribution in [0.3, 0.4) is 0 Å². The largest absolute Gasteiger partial charge is 0.339 e. The van der Waals surface area contributed by atoms with Gasteiger partial charge in [-0.3, -0.25) is 4.79 Å². The molecule has 1 saturated carbocycles. The zero-order chi connectivity index (χ0) is 17.8. The maximum absolute atomic E-state index is 12.8. The Morgan fingerprint density at radius 1 is 1.12 bits per heavy atom. The Kier molecular flexibility index (Phi) is 5.32. The summed E-state index contributed by atoms with van der Waals surface area (Å²) in [4.78, 5) is 19.4. The summed E-state index contributed by atoms with van der Waals surface area (Å²) >= 11 is 0. The number of carbonyl (C=O) groups is 1. The monoisotopic (exact) mass is 353 g/mol. The van der Waals surface area contributed by atoms with Crippen LogP contribution in [0, 0.1) is 5.92 Å². The molecule has 2 aromatic rings. The van der Waals surface area contributed by atoms with E-state index in [1.807, 2.05) is 18.2 Å². The lowest BCUT2D eigenvalue weighted by atomic mass is 9.78. The number of rotatable bonds is 5. The molecule has 2 aliphatic rings. The molecule has 0 unspecified atom stereocenters. The van der Waals surface area contributed by atoms with Crippen molar-refractivity contribution in [2.45, 2.75) is 63.8 Å². The van der Waals surface area contributed by atoms with Crippen molar-refractivity contribution < 1.29 is 9.32 Å². The van der Waals surface area contributed by atoms with Gasteiger partial charge < -0.3 is 9.42 Å². The number of carbonyl (C=O) groups excluding carboxylic acids is 1. The summed E-state index contributed by atoms with van der Waals surface area (Å²) < 4.78 is 5.35. The molecule has 1 saturated heterocycles. The van der Waals surface area contributed by atoms with Gasteiger partial charge in [0, 0.05) is 31.8 Å². The molecule has 0 bridgehead atoms. The first-order valence-electron chi connectivity index (χ1n) is 9.94. The van der Waals surface area contributed by atoms with Gasteiger partial charge in [-0.2, -0.15) is 4.98 Å². The number of piperidine rings is 1. The molecule has 26 heavy (non-hydrogen) atoms. The van der Waals surface area contributed by atoms with Crippen molar-refractivity contribution in [3.05, 3.63) is 47.6 Å². The third kappa shape index (κ3) is 3.97. The molecule has 0 spiro atoms. The van der Waals surface area contributed by atoms with Crippen molar-refractivity contribution in [1.29, 1.82) is 0 Å². The molecule has 1 amide bonds. The summed E-state index contributed by atoms with van der Waals surface area (Å²) in [6, 6.07) is 10.6. The number of nitrogens with zero attached hydrogens (tertiary/aromatic N) is 3. The third-order valence-electron chi connectivity index (χ3n) is 5.83. The first-order chi connectivity index (χ1) is 12.8. The molecule has 4 rings (SSSR count). The Labute approximate surface area is 154 Å². The third-order valence-corrected chi connectivity index (χ3v) is 5.83. The fourth-order valence-electron chi connectivity index (χ4n) is 4.53. The van der Waals surface area contributed by atoms with Gasteiger partial charge in [0.1, 0.15) is 0 Å². The Morgan fingerprint density at radius 3 is 2.81 bits per heavy atom. The molecule has 2 fully saturated rings. The minimum absolute atomic E-state index is 0.254. The number of amides is 1. The van der Waals surface area contributed by atoms with Gasteiger partial charge in [-0.25, -0.2) is 0 Å². The van der Waals surface area contributed by atoms with Crippen LogP contribution >= 0.6 is 0 Å². The van der Waals surface area contributed by atoms with Gasteiger partial charge in [0.15, 0.2) is 5.82 Å². The van der Waals surface area contributed by atoms with Crippen molar-refractivity contribution in [3.63, 3.8) is 0 Å². The number of aromatic nitrogens is 2. The van der Waals surface area contributed by atoms with Gasteiger partial charge in [0.2, 0.25) is 11.8 Å². The van der Waals surface area contributed by atoms with Gasteiger partial charge in [-0.05, 0) is 37.2 Å². The highest BCUT2D eigenvalue weighted by Crippen LogP contribution is 2.35. The van der Waals surface area contributed by atoms with Gasteiger partial charge in [0.25, 0.3) is 0 Å². The van der Waals surface area contributed by atoms with Gasteiger partial charge in [0.05, 0.1) is 0 Å². The molecule has 1 aromatic carbocycles. The molecule has 138 valence electrons. The molecule has 2 heterocycles. The smallest absolute Gasteiger partial charge is 0.227 e. The van der Waals surface area contributed by atoms with Crippen molar-refractivity contribution in [3.8, 4) is 0 Å². The van der Waals surface area contributed by atoms with E-state index in [0.29, 0.717) is 37.0 Å². The van der Waals surface area contributed by atoms with Crippen LogP contribution in [0.2, 0.25) is 0 Å². The van der Waals surface area contributed by atoms with E-state index < -0.39 is 0 Å². The van der Waals surface area contributed by atoms with E-state index in [2.05, 4.69) is 27.2 Å². The second kappa shape index (κ2) is 8.02. The topological polar surface area (TPSA) is 59.2 Å². The standard InChI is InChI=1S/C21H27N3O2/c25-21(24-14-6-10-17-9-4-5-11-18(17)24)13-12-20-22-19(23-26-20)15-16-7-2-1-3-8-16/h1-3,7-8,17-18H,4-6,9-15H2/t17-,18+/m1/s1. The van der Waals surface area contributed by atoms with Crippen LogP contribution in [-0.4, -0.2) is 33.5 Å². The summed E-state index contributed by atoms with van der Waals surface area (Å²) in [5, 5.41) is 4.06. The predicted octanol–water partition coefficient (Wildman–Crippen LogP) is 3.77. The number of aryl methyl sites for hydroxylation is 1. The number of fused-ring (bicyclic) bond motifs is 1. The molecule has 5 heteroatoms. The molecule has 1 aliphatic heterocycles. The Hall–Kier alpha value is -2.17. The van der Waals surface area contributed by atoms with Gasteiger partial charge in [-0.15, -0.1) is 0 Å². The molecule has 0 radical (unpaired) electrons. The summed E-state index contributed by atoms with van der Waals surface area (Å²) in [5.41, 5.74) is 1.16. The average molecular weight is 353 g/mol. The summed E-state index contributed by atoms with van der Waals surface area (Å²) in [7, 11) is 0. The number of likely N-dealkylation sites (tertiary alicyclic amines) is 1. The van der Waals surface area contributed by atoms with Crippen LogP contribution in [0.1, 0.15) is 62.2 Å². The van der Waals surface area contributed by atoms with Gasteiger partial charge in [-0.1, -0.05) is 48.3 Å². The lowest BCUT2D eigenvalue weighted by Gasteiger charge is -2.44. The van der Waals surface area contributed by atoms with Crippen LogP contribution in [0.15, 0.2) is 34.9 Å². The maximum atomic E-state index is 12.8. The molecular weight excluding hydrogens is 326 g/mol. The fraction of sp³-hybridized carbons (Fsp3) is 0.571.